The molecular weight excluding hydrogens is 1030 g/mol. The molecule has 86 heavy (non-hydrogen) atoms. The van der Waals surface area contributed by atoms with Crippen LogP contribution in [0.3, 0.4) is 0 Å². The zero-order valence-corrected chi connectivity index (χ0v) is 59.1. The van der Waals surface area contributed by atoms with Crippen LogP contribution in [0.2, 0.25) is 0 Å². The minimum Gasteiger partial charge on any atom is -0.0683 e. The van der Waals surface area contributed by atoms with E-state index in [4.69, 9.17) is 0 Å². The molecule has 0 spiro atoms. The van der Waals surface area contributed by atoms with Gasteiger partial charge in [0.2, 0.25) is 0 Å². The number of hydrogen-bond acceptors (Lipinski definition) is 0. The van der Waals surface area contributed by atoms with Crippen molar-refractivity contribution in [2.24, 2.45) is 0 Å². The molecule has 12 rings (SSSR count). The van der Waals surface area contributed by atoms with Crippen molar-refractivity contribution in [3.05, 3.63) is 283 Å². The summed E-state index contributed by atoms with van der Waals surface area (Å²) < 4.78 is 0. The fourth-order valence-corrected chi connectivity index (χ4v) is 12.3. The molecule has 3 aliphatic carbocycles. The molecule has 0 bridgehead atoms. The molecular formula is C86H116. The Morgan fingerprint density at radius 2 is 0.465 bits per heavy atom. The van der Waals surface area contributed by atoms with Crippen LogP contribution in [0.4, 0.5) is 0 Å². The van der Waals surface area contributed by atoms with Crippen LogP contribution in [0.1, 0.15) is 227 Å². The maximum absolute atomic E-state index is 2.35. The third kappa shape index (κ3) is 18.7. The first-order valence-corrected chi connectivity index (χ1v) is 33.2. The van der Waals surface area contributed by atoms with E-state index in [-0.39, 0.29) is 16.2 Å². The molecule has 0 amide bonds. The zero-order chi connectivity index (χ0) is 65.0. The van der Waals surface area contributed by atoms with Crippen molar-refractivity contribution in [2.75, 3.05) is 0 Å². The van der Waals surface area contributed by atoms with Crippen LogP contribution in [0.25, 0.3) is 33.4 Å². The van der Waals surface area contributed by atoms with Crippen molar-refractivity contribution in [3.63, 3.8) is 0 Å². The summed E-state index contributed by atoms with van der Waals surface area (Å²) in [6, 6.07) is 70.9. The quantitative estimate of drug-likeness (QED) is 0.165. The van der Waals surface area contributed by atoms with Crippen LogP contribution in [0, 0.1) is 41.5 Å². The SMILES string of the molecule is CC.CC.CC.CC.CC.CC.CC1(C)c2ccccc2-c2ccccc21.CC1(C)c2ccccc2-c2ccccc21.CCc1cc(C)cc(C)c1.CCc1cc(C)cc(C)c1.Cc1cc(C)cc(Cc2cccc3c2-c2ccccc2C3(C)C)c1. The number of fused-ring (bicyclic) bond motifs is 9. The van der Waals surface area contributed by atoms with Gasteiger partial charge in [0.1, 0.15) is 0 Å². The molecule has 0 heteroatoms. The Hall–Kier alpha value is -7.02. The average molecular weight is 1150 g/mol. The summed E-state index contributed by atoms with van der Waals surface area (Å²) in [6.07, 6.45) is 3.28. The topological polar surface area (TPSA) is 0 Å². The molecule has 9 aromatic carbocycles. The molecule has 0 radical (unpaired) electrons. The van der Waals surface area contributed by atoms with Gasteiger partial charge in [-0.3, -0.25) is 0 Å². The Labute approximate surface area is 529 Å². The van der Waals surface area contributed by atoms with E-state index < -0.39 is 0 Å². The fraction of sp³-hybridized carbons (Fsp3) is 0.372. The van der Waals surface area contributed by atoms with Crippen LogP contribution >= 0.6 is 0 Å². The third-order valence-electron chi connectivity index (χ3n) is 15.7. The highest BCUT2D eigenvalue weighted by Gasteiger charge is 2.37. The number of rotatable bonds is 4. The van der Waals surface area contributed by atoms with Gasteiger partial charge in [-0.1, -0.05) is 366 Å². The van der Waals surface area contributed by atoms with Gasteiger partial charge >= 0.3 is 0 Å². The van der Waals surface area contributed by atoms with Gasteiger partial charge in [0.25, 0.3) is 0 Å². The van der Waals surface area contributed by atoms with Gasteiger partial charge in [-0.25, -0.2) is 0 Å². The summed E-state index contributed by atoms with van der Waals surface area (Å²) in [4.78, 5) is 0. The molecule has 0 aliphatic heterocycles. The highest BCUT2D eigenvalue weighted by atomic mass is 14.4. The Bertz CT molecular complexity index is 3120. The second-order valence-electron chi connectivity index (χ2n) is 22.8. The molecule has 0 heterocycles. The lowest BCUT2D eigenvalue weighted by Gasteiger charge is -2.21. The highest BCUT2D eigenvalue weighted by Crippen LogP contribution is 2.51. The average Bonchev–Trinajstić information content (AvgIpc) is 2.41. The van der Waals surface area contributed by atoms with Crippen molar-refractivity contribution in [1.29, 1.82) is 0 Å². The van der Waals surface area contributed by atoms with E-state index in [0.717, 1.165) is 19.3 Å². The largest absolute Gasteiger partial charge is 0.0683 e. The normalized spacial score (nSPS) is 12.3. The van der Waals surface area contributed by atoms with E-state index in [0.29, 0.717) is 0 Å². The Morgan fingerprint density at radius 3 is 0.744 bits per heavy atom. The predicted molar refractivity (Wildman–Crippen MR) is 389 cm³/mol. The highest BCUT2D eigenvalue weighted by molar-refractivity contribution is 5.84. The molecule has 0 saturated heterocycles. The molecule has 460 valence electrons. The summed E-state index contributed by atoms with van der Waals surface area (Å²) in [5.41, 5.74) is 31.5. The van der Waals surface area contributed by atoms with Gasteiger partial charge in [-0.15, -0.1) is 0 Å². The smallest absolute Gasteiger partial charge is 0.0158 e. The van der Waals surface area contributed by atoms with Crippen LogP contribution in [-0.2, 0) is 35.5 Å². The van der Waals surface area contributed by atoms with Crippen molar-refractivity contribution in [3.8, 4) is 33.4 Å². The Balaban J connectivity index is 0.000000362. The standard InChI is InChI=1S/C24H24.2C15H14.2C10H14.6C2H6/c1-16-12-17(2)14-18(13-16)15-19-8-7-11-22-23(19)20-9-5-6-10-21(20)24(22,3)4;2*1-15(2)13-9-5-3-7-11(13)12-8-4-6-10-14(12)15;2*1-4-10-6-8(2)5-9(3)7-10;6*1-2/h5-14H,15H2,1-4H3;2*3-10H,1-2H3;2*5-7H,4H2,1-3H3;6*1-2H3. The number of aryl methyl sites for hydroxylation is 8. The van der Waals surface area contributed by atoms with Crippen LogP contribution in [-0.4, -0.2) is 0 Å². The van der Waals surface area contributed by atoms with Crippen molar-refractivity contribution < 1.29 is 0 Å². The second-order valence-corrected chi connectivity index (χ2v) is 22.8. The first-order valence-electron chi connectivity index (χ1n) is 33.2. The molecule has 0 nitrogen and oxygen atoms in total. The Kier molecular flexibility index (Phi) is 32.2. The van der Waals surface area contributed by atoms with Crippen molar-refractivity contribution in [2.45, 2.75) is 216 Å². The second kappa shape index (κ2) is 36.9. The van der Waals surface area contributed by atoms with Crippen LogP contribution < -0.4 is 0 Å². The summed E-state index contributed by atoms with van der Waals surface area (Å²) >= 11 is 0. The molecule has 0 atom stereocenters. The van der Waals surface area contributed by atoms with E-state index in [9.17, 15) is 0 Å². The maximum atomic E-state index is 2.35. The van der Waals surface area contributed by atoms with Gasteiger partial charge < -0.3 is 0 Å². The summed E-state index contributed by atoms with van der Waals surface area (Å²) in [5, 5.41) is 0. The zero-order valence-electron chi connectivity index (χ0n) is 59.1. The minimum absolute atomic E-state index is 0.0878. The minimum atomic E-state index is 0.0878. The van der Waals surface area contributed by atoms with Crippen LogP contribution in [0.5, 0.6) is 0 Å². The molecule has 0 saturated carbocycles. The van der Waals surface area contributed by atoms with Gasteiger partial charge in [0, 0.05) is 16.2 Å². The summed E-state index contributed by atoms with van der Waals surface area (Å²) in [7, 11) is 0. The molecule has 9 aromatic rings. The monoisotopic (exact) mass is 1150 g/mol. The van der Waals surface area contributed by atoms with E-state index >= 15 is 0 Å². The molecule has 0 N–H and O–H groups in total. The lowest BCUT2D eigenvalue weighted by atomic mass is 9.82. The van der Waals surface area contributed by atoms with Gasteiger partial charge in [0.15, 0.2) is 0 Å². The van der Waals surface area contributed by atoms with E-state index in [2.05, 4.69) is 291 Å². The van der Waals surface area contributed by atoms with Gasteiger partial charge in [-0.05, 0) is 150 Å². The molecule has 3 aliphatic rings. The van der Waals surface area contributed by atoms with Gasteiger partial charge in [0.05, 0.1) is 0 Å². The summed E-state index contributed by atoms with van der Waals surface area (Å²) in [6.45, 7) is 55.2. The third-order valence-corrected chi connectivity index (χ3v) is 15.7. The molecule has 0 fully saturated rings. The molecule has 0 unspecified atom stereocenters. The lowest BCUT2D eigenvalue weighted by molar-refractivity contribution is 0.660. The number of hydrogen-bond donors (Lipinski definition) is 0. The van der Waals surface area contributed by atoms with Crippen molar-refractivity contribution >= 4 is 0 Å². The predicted octanol–water partition coefficient (Wildman–Crippen LogP) is 26.1. The number of benzene rings is 9. The lowest BCUT2D eigenvalue weighted by Crippen LogP contribution is -2.14. The van der Waals surface area contributed by atoms with Gasteiger partial charge in [-0.2, -0.15) is 0 Å². The maximum Gasteiger partial charge on any atom is 0.0158 e. The first kappa shape index (κ1) is 75.1. The fourth-order valence-electron chi connectivity index (χ4n) is 12.3. The summed E-state index contributed by atoms with van der Waals surface area (Å²) in [5.74, 6) is 0. The Morgan fingerprint density at radius 1 is 0.244 bits per heavy atom. The van der Waals surface area contributed by atoms with Crippen molar-refractivity contribution in [1.82, 2.24) is 0 Å². The van der Waals surface area contributed by atoms with E-state index in [1.54, 1.807) is 0 Å². The van der Waals surface area contributed by atoms with Crippen LogP contribution in [0.15, 0.2) is 194 Å². The van der Waals surface area contributed by atoms with E-state index in [1.165, 1.54) is 122 Å². The van der Waals surface area contributed by atoms with E-state index in [1.807, 2.05) is 83.1 Å². The molecule has 0 aromatic heterocycles. The first-order chi connectivity index (χ1) is 41.3.